The molecule has 1 heterocycles. The van der Waals surface area contributed by atoms with Gasteiger partial charge in [-0.3, -0.25) is 4.90 Å². The Bertz CT molecular complexity index is 510. The van der Waals surface area contributed by atoms with Gasteiger partial charge in [0.25, 0.3) is 0 Å². The van der Waals surface area contributed by atoms with Crippen LogP contribution in [-0.2, 0) is 6.42 Å². The Morgan fingerprint density at radius 1 is 1.05 bits per heavy atom. The molecule has 3 heteroatoms. The van der Waals surface area contributed by atoms with Crippen LogP contribution in [0.4, 0.5) is 0 Å². The van der Waals surface area contributed by atoms with Crippen molar-refractivity contribution < 1.29 is 10.2 Å². The van der Waals surface area contributed by atoms with Crippen LogP contribution in [0.5, 0.6) is 11.5 Å². The molecule has 1 aliphatic heterocycles. The van der Waals surface area contributed by atoms with Gasteiger partial charge in [0.05, 0.1) is 0 Å². The Kier molecular flexibility index (Phi) is 2.52. The van der Waals surface area contributed by atoms with Crippen molar-refractivity contribution in [1.29, 1.82) is 0 Å². The Morgan fingerprint density at radius 3 is 2.68 bits per heavy atom. The summed E-state index contributed by atoms with van der Waals surface area (Å²) in [6, 6.07) is 5.20. The fraction of sp³-hybridized carbons (Fsp3) is 0.625. The molecule has 0 spiro atoms. The van der Waals surface area contributed by atoms with E-state index in [1.807, 2.05) is 6.07 Å². The number of nitrogens with zero attached hydrogens (tertiary/aromatic N) is 1. The van der Waals surface area contributed by atoms with Crippen LogP contribution in [0, 0.1) is 0 Å². The van der Waals surface area contributed by atoms with Gasteiger partial charge in [-0.25, -0.2) is 0 Å². The van der Waals surface area contributed by atoms with E-state index in [9.17, 15) is 10.2 Å². The van der Waals surface area contributed by atoms with Crippen molar-refractivity contribution in [2.24, 2.45) is 0 Å². The van der Waals surface area contributed by atoms with E-state index in [1.54, 1.807) is 6.07 Å². The molecule has 19 heavy (non-hydrogen) atoms. The van der Waals surface area contributed by atoms with Gasteiger partial charge in [-0.2, -0.15) is 0 Å². The van der Waals surface area contributed by atoms with E-state index in [1.165, 1.54) is 37.8 Å². The Hall–Kier alpha value is -1.22. The van der Waals surface area contributed by atoms with E-state index in [0.29, 0.717) is 12.0 Å². The number of aromatic hydroxyl groups is 2. The summed E-state index contributed by atoms with van der Waals surface area (Å²) in [6.45, 7) is 1.26. The van der Waals surface area contributed by atoms with Gasteiger partial charge in [0.1, 0.15) is 0 Å². The van der Waals surface area contributed by atoms with Crippen molar-refractivity contribution in [2.45, 2.75) is 56.5 Å². The first-order valence-corrected chi connectivity index (χ1v) is 7.55. The number of fused-ring (bicyclic) bond motifs is 3. The van der Waals surface area contributed by atoms with Gasteiger partial charge in [-0.1, -0.05) is 6.07 Å². The average molecular weight is 259 g/mol. The summed E-state index contributed by atoms with van der Waals surface area (Å²) in [6.07, 6.45) is 7.27. The lowest BCUT2D eigenvalue weighted by Gasteiger charge is -2.45. The molecule has 0 aromatic heterocycles. The van der Waals surface area contributed by atoms with Gasteiger partial charge in [0, 0.05) is 17.6 Å². The highest BCUT2D eigenvalue weighted by atomic mass is 16.3. The zero-order valence-corrected chi connectivity index (χ0v) is 11.2. The molecule has 2 fully saturated rings. The number of piperidine rings is 1. The first-order chi connectivity index (χ1) is 9.25. The maximum absolute atomic E-state index is 10.1. The third kappa shape index (κ3) is 1.75. The normalized spacial score (nSPS) is 30.7. The third-order valence-corrected chi connectivity index (χ3v) is 5.23. The van der Waals surface area contributed by atoms with E-state index < -0.39 is 0 Å². The lowest BCUT2D eigenvalue weighted by molar-refractivity contribution is 0.104. The summed E-state index contributed by atoms with van der Waals surface area (Å²) < 4.78 is 0. The highest BCUT2D eigenvalue weighted by Gasteiger charge is 2.42. The highest BCUT2D eigenvalue weighted by molar-refractivity contribution is 5.52. The maximum atomic E-state index is 10.1. The third-order valence-electron chi connectivity index (χ3n) is 5.23. The number of benzene rings is 1. The number of rotatable bonds is 1. The molecule has 2 aliphatic carbocycles. The van der Waals surface area contributed by atoms with Crippen LogP contribution in [0.3, 0.4) is 0 Å². The summed E-state index contributed by atoms with van der Waals surface area (Å²) >= 11 is 0. The molecule has 1 aromatic carbocycles. The second-order valence-electron chi connectivity index (χ2n) is 6.32. The minimum atomic E-state index is 0.0343. The van der Waals surface area contributed by atoms with Crippen LogP contribution in [0.25, 0.3) is 0 Å². The van der Waals surface area contributed by atoms with Gasteiger partial charge in [-0.15, -0.1) is 0 Å². The maximum Gasteiger partial charge on any atom is 0.160 e. The standard InChI is InChI=1S/C16H21NO2/c18-15-8-6-11-12-2-1-9-17(10-3-4-10)14(12)7-5-13(11)16(15)19/h6,8,10,12,14,18-19H,1-5,7,9H2/t12-,14?/m0/s1. The molecule has 4 rings (SSSR count). The van der Waals surface area contributed by atoms with Crippen molar-refractivity contribution in [3.63, 3.8) is 0 Å². The van der Waals surface area contributed by atoms with Gasteiger partial charge in [0.2, 0.25) is 0 Å². The Morgan fingerprint density at radius 2 is 1.89 bits per heavy atom. The number of hydrogen-bond acceptors (Lipinski definition) is 3. The average Bonchev–Trinajstić information content (AvgIpc) is 3.26. The fourth-order valence-corrected chi connectivity index (χ4v) is 4.21. The van der Waals surface area contributed by atoms with Crippen molar-refractivity contribution >= 4 is 0 Å². The predicted octanol–water partition coefficient (Wildman–Crippen LogP) is 2.75. The molecule has 1 aromatic rings. The van der Waals surface area contributed by atoms with Crippen molar-refractivity contribution in [3.05, 3.63) is 23.3 Å². The van der Waals surface area contributed by atoms with Crippen molar-refractivity contribution in [1.82, 2.24) is 4.90 Å². The summed E-state index contributed by atoms with van der Waals surface area (Å²) in [5.41, 5.74) is 2.29. The van der Waals surface area contributed by atoms with Crippen LogP contribution in [0.2, 0.25) is 0 Å². The van der Waals surface area contributed by atoms with E-state index in [-0.39, 0.29) is 11.5 Å². The second-order valence-corrected chi connectivity index (χ2v) is 6.32. The van der Waals surface area contributed by atoms with E-state index in [2.05, 4.69) is 4.90 Å². The molecule has 0 bridgehead atoms. The monoisotopic (exact) mass is 259 g/mol. The summed E-state index contributed by atoms with van der Waals surface area (Å²) in [5.74, 6) is 0.719. The summed E-state index contributed by atoms with van der Waals surface area (Å²) in [7, 11) is 0. The summed E-state index contributed by atoms with van der Waals surface area (Å²) in [5, 5.41) is 19.7. The predicted molar refractivity (Wildman–Crippen MR) is 73.6 cm³/mol. The van der Waals surface area contributed by atoms with Gasteiger partial charge in [0.15, 0.2) is 11.5 Å². The number of phenols is 2. The molecule has 0 radical (unpaired) electrons. The van der Waals surface area contributed by atoms with Crippen LogP contribution in [0.1, 0.15) is 49.1 Å². The molecule has 3 aliphatic rings. The molecule has 2 atom stereocenters. The zero-order valence-electron chi connectivity index (χ0n) is 11.2. The first-order valence-electron chi connectivity index (χ1n) is 7.55. The second kappa shape index (κ2) is 4.14. The van der Waals surface area contributed by atoms with Gasteiger partial charge >= 0.3 is 0 Å². The van der Waals surface area contributed by atoms with Gasteiger partial charge in [-0.05, 0) is 62.6 Å². The summed E-state index contributed by atoms with van der Waals surface area (Å²) in [4.78, 5) is 2.72. The highest BCUT2D eigenvalue weighted by Crippen LogP contribution is 2.47. The topological polar surface area (TPSA) is 43.7 Å². The molecular formula is C16H21NO2. The molecule has 3 nitrogen and oxygen atoms in total. The van der Waals surface area contributed by atoms with Crippen LogP contribution in [-0.4, -0.2) is 33.7 Å². The quantitative estimate of drug-likeness (QED) is 0.762. The molecule has 1 saturated heterocycles. The lowest BCUT2D eigenvalue weighted by atomic mass is 9.74. The minimum Gasteiger partial charge on any atom is -0.504 e. The van der Waals surface area contributed by atoms with Crippen LogP contribution >= 0.6 is 0 Å². The van der Waals surface area contributed by atoms with E-state index in [0.717, 1.165) is 24.4 Å². The van der Waals surface area contributed by atoms with E-state index >= 15 is 0 Å². The Balaban J connectivity index is 1.72. The number of hydrogen-bond donors (Lipinski definition) is 2. The minimum absolute atomic E-state index is 0.0343. The molecule has 102 valence electrons. The van der Waals surface area contributed by atoms with Crippen molar-refractivity contribution in [3.8, 4) is 11.5 Å². The Labute approximate surface area is 113 Å². The van der Waals surface area contributed by atoms with Crippen LogP contribution in [0.15, 0.2) is 12.1 Å². The number of likely N-dealkylation sites (tertiary alicyclic amines) is 1. The molecule has 1 saturated carbocycles. The smallest absolute Gasteiger partial charge is 0.160 e. The molecule has 0 amide bonds. The SMILES string of the molecule is Oc1ccc2c(c1O)CCC1[C@H]2CCCN1C1CC1. The van der Waals surface area contributed by atoms with Crippen LogP contribution < -0.4 is 0 Å². The molecule has 2 N–H and O–H groups in total. The zero-order chi connectivity index (χ0) is 13.0. The molecular weight excluding hydrogens is 238 g/mol. The fourth-order valence-electron chi connectivity index (χ4n) is 4.21. The number of phenolic OH excluding ortho intramolecular Hbond substituents is 2. The first kappa shape index (κ1) is 11.6. The van der Waals surface area contributed by atoms with Crippen molar-refractivity contribution in [2.75, 3.05) is 6.54 Å². The van der Waals surface area contributed by atoms with E-state index in [4.69, 9.17) is 0 Å². The largest absolute Gasteiger partial charge is 0.504 e. The molecule has 1 unspecified atom stereocenters. The lowest BCUT2D eigenvalue weighted by Crippen LogP contribution is -2.47. The van der Waals surface area contributed by atoms with Gasteiger partial charge < -0.3 is 10.2 Å².